The predicted octanol–water partition coefficient (Wildman–Crippen LogP) is 6.53. The number of carbonyl (C=O) groups is 2. The van der Waals surface area contributed by atoms with Gasteiger partial charge in [-0.25, -0.2) is 0 Å². The van der Waals surface area contributed by atoms with Gasteiger partial charge in [0.1, 0.15) is 5.75 Å². The molecular formula is C26H25Cl2N3O3S. The molecule has 3 aromatic carbocycles. The monoisotopic (exact) mass is 529 g/mol. The maximum Gasteiger partial charge on any atom is 0.257 e. The van der Waals surface area contributed by atoms with Crippen LogP contribution in [0.2, 0.25) is 10.0 Å². The smallest absolute Gasteiger partial charge is 0.257 e. The lowest BCUT2D eigenvalue weighted by Crippen LogP contribution is -2.34. The van der Waals surface area contributed by atoms with Crippen molar-refractivity contribution in [3.63, 3.8) is 0 Å². The molecule has 9 heteroatoms. The highest BCUT2D eigenvalue weighted by Gasteiger charge is 2.14. The van der Waals surface area contributed by atoms with Gasteiger partial charge < -0.3 is 20.7 Å². The molecule has 0 aliphatic rings. The molecule has 3 N–H and O–H groups in total. The fourth-order valence-electron chi connectivity index (χ4n) is 3.16. The number of amides is 2. The molecule has 0 saturated heterocycles. The van der Waals surface area contributed by atoms with E-state index >= 15 is 0 Å². The Morgan fingerprint density at radius 1 is 0.943 bits per heavy atom. The predicted molar refractivity (Wildman–Crippen MR) is 146 cm³/mol. The van der Waals surface area contributed by atoms with E-state index < -0.39 is 0 Å². The van der Waals surface area contributed by atoms with Crippen molar-refractivity contribution in [2.45, 2.75) is 26.7 Å². The number of anilines is 2. The average Bonchev–Trinajstić information content (AvgIpc) is 2.80. The summed E-state index contributed by atoms with van der Waals surface area (Å²) >= 11 is 17.2. The number of carbonyl (C=O) groups excluding carboxylic acids is 2. The van der Waals surface area contributed by atoms with Gasteiger partial charge in [-0.15, -0.1) is 0 Å². The SMILES string of the molecule is Cc1ccc(NC(=O)c2ccccc2NC(=S)NC(=O)CCCOc2ccc(Cl)cc2Cl)cc1C. The maximum absolute atomic E-state index is 12.9. The minimum atomic E-state index is -0.288. The maximum atomic E-state index is 12.9. The Morgan fingerprint density at radius 2 is 1.71 bits per heavy atom. The van der Waals surface area contributed by atoms with Crippen LogP contribution in [0.1, 0.15) is 34.3 Å². The summed E-state index contributed by atoms with van der Waals surface area (Å²) in [6, 6.07) is 17.6. The lowest BCUT2D eigenvalue weighted by Gasteiger charge is -2.14. The summed E-state index contributed by atoms with van der Waals surface area (Å²) in [4.78, 5) is 25.1. The molecule has 2 amide bonds. The molecule has 35 heavy (non-hydrogen) atoms. The quantitative estimate of drug-likeness (QED) is 0.228. The summed E-state index contributed by atoms with van der Waals surface area (Å²) < 4.78 is 5.58. The second-order valence-electron chi connectivity index (χ2n) is 7.83. The van der Waals surface area contributed by atoms with Crippen LogP contribution in [-0.4, -0.2) is 23.5 Å². The van der Waals surface area contributed by atoms with Crippen LogP contribution in [0.25, 0.3) is 0 Å². The number of nitrogens with one attached hydrogen (secondary N) is 3. The van der Waals surface area contributed by atoms with Crippen LogP contribution in [0, 0.1) is 13.8 Å². The van der Waals surface area contributed by atoms with Gasteiger partial charge in [-0.3, -0.25) is 9.59 Å². The molecule has 0 bridgehead atoms. The molecule has 0 fully saturated rings. The number of para-hydroxylation sites is 1. The number of hydrogen-bond donors (Lipinski definition) is 3. The largest absolute Gasteiger partial charge is 0.492 e. The fraction of sp³-hybridized carbons (Fsp3) is 0.192. The van der Waals surface area contributed by atoms with E-state index in [0.29, 0.717) is 45.8 Å². The van der Waals surface area contributed by atoms with Crippen molar-refractivity contribution in [3.05, 3.63) is 87.4 Å². The van der Waals surface area contributed by atoms with Crippen molar-refractivity contribution in [2.24, 2.45) is 0 Å². The number of rotatable bonds is 8. The Kier molecular flexibility index (Phi) is 9.48. The summed E-state index contributed by atoms with van der Waals surface area (Å²) in [5.41, 5.74) is 3.81. The Balaban J connectivity index is 1.50. The van der Waals surface area contributed by atoms with E-state index in [-0.39, 0.29) is 23.3 Å². The Labute approximate surface area is 220 Å². The molecular weight excluding hydrogens is 505 g/mol. The van der Waals surface area contributed by atoms with E-state index in [1.54, 1.807) is 42.5 Å². The number of aryl methyl sites for hydroxylation is 2. The van der Waals surface area contributed by atoms with Crippen LogP contribution in [0.4, 0.5) is 11.4 Å². The number of ether oxygens (including phenoxy) is 1. The second kappa shape index (κ2) is 12.5. The molecule has 182 valence electrons. The van der Waals surface area contributed by atoms with Gasteiger partial charge in [0.05, 0.1) is 22.9 Å². The lowest BCUT2D eigenvalue weighted by molar-refractivity contribution is -0.119. The molecule has 0 aromatic heterocycles. The summed E-state index contributed by atoms with van der Waals surface area (Å²) in [5.74, 6) is -0.0572. The molecule has 0 saturated carbocycles. The molecule has 0 heterocycles. The topological polar surface area (TPSA) is 79.5 Å². The van der Waals surface area contributed by atoms with E-state index in [4.69, 9.17) is 40.2 Å². The van der Waals surface area contributed by atoms with E-state index in [2.05, 4.69) is 16.0 Å². The number of halogens is 2. The molecule has 0 aliphatic heterocycles. The molecule has 0 aliphatic carbocycles. The van der Waals surface area contributed by atoms with Gasteiger partial charge in [0.15, 0.2) is 5.11 Å². The summed E-state index contributed by atoms with van der Waals surface area (Å²) in [5, 5.41) is 9.49. The molecule has 0 atom stereocenters. The van der Waals surface area contributed by atoms with Gasteiger partial charge in [0, 0.05) is 17.1 Å². The van der Waals surface area contributed by atoms with Crippen molar-refractivity contribution < 1.29 is 14.3 Å². The first kappa shape index (κ1) is 26.5. The highest BCUT2D eigenvalue weighted by molar-refractivity contribution is 7.80. The molecule has 3 aromatic rings. The third-order valence-corrected chi connectivity index (χ3v) is 5.87. The molecule has 3 rings (SSSR count). The minimum Gasteiger partial charge on any atom is -0.492 e. The lowest BCUT2D eigenvalue weighted by atomic mass is 10.1. The van der Waals surface area contributed by atoms with Crippen LogP contribution < -0.4 is 20.7 Å². The zero-order chi connectivity index (χ0) is 25.4. The van der Waals surface area contributed by atoms with Crippen molar-refractivity contribution in [2.75, 3.05) is 17.2 Å². The van der Waals surface area contributed by atoms with Crippen molar-refractivity contribution in [1.29, 1.82) is 0 Å². The fourth-order valence-corrected chi connectivity index (χ4v) is 3.84. The van der Waals surface area contributed by atoms with Gasteiger partial charge in [-0.05, 0) is 86.1 Å². The van der Waals surface area contributed by atoms with Crippen molar-refractivity contribution in [3.8, 4) is 5.75 Å². The Hall–Kier alpha value is -3.13. The second-order valence-corrected chi connectivity index (χ2v) is 9.08. The van der Waals surface area contributed by atoms with Gasteiger partial charge >= 0.3 is 0 Å². The summed E-state index contributed by atoms with van der Waals surface area (Å²) in [6.45, 7) is 4.30. The molecule has 0 radical (unpaired) electrons. The first-order chi connectivity index (χ1) is 16.7. The number of hydrogen-bond acceptors (Lipinski definition) is 4. The van der Waals surface area contributed by atoms with Gasteiger partial charge in [0.2, 0.25) is 5.91 Å². The van der Waals surface area contributed by atoms with Crippen LogP contribution >= 0.6 is 35.4 Å². The van der Waals surface area contributed by atoms with Crippen molar-refractivity contribution >= 4 is 63.7 Å². The molecule has 0 spiro atoms. The van der Waals surface area contributed by atoms with E-state index in [1.165, 1.54) is 0 Å². The highest BCUT2D eigenvalue weighted by atomic mass is 35.5. The van der Waals surface area contributed by atoms with E-state index in [0.717, 1.165) is 11.1 Å². The first-order valence-corrected chi connectivity index (χ1v) is 12.1. The zero-order valence-corrected chi connectivity index (χ0v) is 21.6. The van der Waals surface area contributed by atoms with Crippen LogP contribution in [-0.2, 0) is 4.79 Å². The zero-order valence-electron chi connectivity index (χ0n) is 19.3. The first-order valence-electron chi connectivity index (χ1n) is 10.9. The average molecular weight is 530 g/mol. The number of benzene rings is 3. The standard InChI is InChI=1S/C26H25Cl2N3O3S/c1-16-9-11-19(14-17(16)2)29-25(33)20-6-3-4-7-22(20)30-26(35)31-24(32)8-5-13-34-23-12-10-18(27)15-21(23)28/h3-4,6-7,9-12,14-15H,5,8,13H2,1-2H3,(H,29,33)(H2,30,31,32,35). The van der Waals surface area contributed by atoms with Crippen LogP contribution in [0.3, 0.4) is 0 Å². The third-order valence-electron chi connectivity index (χ3n) is 5.14. The summed E-state index contributed by atoms with van der Waals surface area (Å²) in [6.07, 6.45) is 0.657. The van der Waals surface area contributed by atoms with Crippen LogP contribution in [0.15, 0.2) is 60.7 Å². The van der Waals surface area contributed by atoms with E-state index in [9.17, 15) is 9.59 Å². The van der Waals surface area contributed by atoms with Gasteiger partial charge in [0.25, 0.3) is 5.91 Å². The summed E-state index contributed by atoms with van der Waals surface area (Å²) in [7, 11) is 0. The van der Waals surface area contributed by atoms with Crippen molar-refractivity contribution in [1.82, 2.24) is 5.32 Å². The molecule has 0 unspecified atom stereocenters. The molecule has 6 nitrogen and oxygen atoms in total. The highest BCUT2D eigenvalue weighted by Crippen LogP contribution is 2.27. The third kappa shape index (κ3) is 7.96. The normalized spacial score (nSPS) is 10.4. The Morgan fingerprint density at radius 3 is 2.46 bits per heavy atom. The number of thiocarbonyl (C=S) groups is 1. The van der Waals surface area contributed by atoms with Crippen LogP contribution in [0.5, 0.6) is 5.75 Å². The minimum absolute atomic E-state index is 0.100. The Bertz CT molecular complexity index is 1250. The van der Waals surface area contributed by atoms with E-state index in [1.807, 2.05) is 32.0 Å². The van der Waals surface area contributed by atoms with Gasteiger partial charge in [-0.1, -0.05) is 41.4 Å². The van der Waals surface area contributed by atoms with Gasteiger partial charge in [-0.2, -0.15) is 0 Å².